The largest absolute Gasteiger partial charge is 0.494 e. The van der Waals surface area contributed by atoms with Crippen LogP contribution in [0.25, 0.3) is 0 Å². The third-order valence-electron chi connectivity index (χ3n) is 3.74. The van der Waals surface area contributed by atoms with E-state index in [9.17, 15) is 0 Å². The van der Waals surface area contributed by atoms with Crippen molar-refractivity contribution < 1.29 is 4.74 Å². The Balaban J connectivity index is 1.90. The highest BCUT2D eigenvalue weighted by atomic mass is 16.5. The van der Waals surface area contributed by atoms with Gasteiger partial charge in [-0.1, -0.05) is 26.0 Å². The Morgan fingerprint density at radius 3 is 2.76 bits per heavy atom. The molecule has 1 aromatic heterocycles. The van der Waals surface area contributed by atoms with E-state index in [1.165, 1.54) is 5.56 Å². The first-order valence-electron chi connectivity index (χ1n) is 7.62. The van der Waals surface area contributed by atoms with E-state index in [1.54, 1.807) is 0 Å². The Morgan fingerprint density at radius 1 is 1.33 bits per heavy atom. The Hall–Kier alpha value is -2.04. The van der Waals surface area contributed by atoms with Crippen LogP contribution in [-0.4, -0.2) is 27.9 Å². The Labute approximate surface area is 125 Å². The van der Waals surface area contributed by atoms with Gasteiger partial charge < -0.3 is 10.1 Å². The van der Waals surface area contributed by atoms with Gasteiger partial charge in [0.15, 0.2) is 5.82 Å². The van der Waals surface area contributed by atoms with Crippen LogP contribution in [0, 0.1) is 0 Å². The summed E-state index contributed by atoms with van der Waals surface area (Å²) in [7, 11) is 0. The lowest BCUT2D eigenvalue weighted by molar-refractivity contribution is 0.340. The maximum Gasteiger partial charge on any atom is 0.221 e. The monoisotopic (exact) mass is 286 g/mol. The average molecular weight is 286 g/mol. The minimum absolute atomic E-state index is 0.247. The topological polar surface area (TPSA) is 52.0 Å². The summed E-state index contributed by atoms with van der Waals surface area (Å²) in [5, 5.41) is 8.01. The van der Waals surface area contributed by atoms with Crippen LogP contribution in [0.1, 0.15) is 50.5 Å². The summed E-state index contributed by atoms with van der Waals surface area (Å²) >= 11 is 0. The van der Waals surface area contributed by atoms with Gasteiger partial charge in [0.25, 0.3) is 0 Å². The second-order valence-electron chi connectivity index (χ2n) is 5.63. The van der Waals surface area contributed by atoms with Gasteiger partial charge in [-0.3, -0.25) is 0 Å². The fourth-order valence-electron chi connectivity index (χ4n) is 2.63. The van der Waals surface area contributed by atoms with Crippen LogP contribution in [0.5, 0.6) is 5.75 Å². The van der Waals surface area contributed by atoms with Crippen LogP contribution in [0.15, 0.2) is 24.3 Å². The Morgan fingerprint density at radius 2 is 2.10 bits per heavy atom. The zero-order chi connectivity index (χ0) is 14.8. The number of rotatable bonds is 4. The van der Waals surface area contributed by atoms with Gasteiger partial charge in [0.1, 0.15) is 5.75 Å². The van der Waals surface area contributed by atoms with Crippen molar-refractivity contribution in [2.24, 2.45) is 0 Å². The summed E-state index contributed by atoms with van der Waals surface area (Å²) in [5.41, 5.74) is 1.25. The lowest BCUT2D eigenvalue weighted by Gasteiger charge is -2.24. The van der Waals surface area contributed by atoms with Crippen LogP contribution in [0.2, 0.25) is 0 Å². The maximum absolute atomic E-state index is 5.51. The molecule has 0 bridgehead atoms. The summed E-state index contributed by atoms with van der Waals surface area (Å²) in [6.45, 7) is 7.85. The summed E-state index contributed by atoms with van der Waals surface area (Å²) in [6.07, 6.45) is 1.02. The van der Waals surface area contributed by atoms with E-state index in [4.69, 9.17) is 4.74 Å². The molecule has 0 saturated carbocycles. The predicted molar refractivity (Wildman–Crippen MR) is 83.0 cm³/mol. The van der Waals surface area contributed by atoms with Crippen molar-refractivity contribution in [3.63, 3.8) is 0 Å². The highest BCUT2D eigenvalue weighted by Crippen LogP contribution is 2.30. The predicted octanol–water partition coefficient (Wildman–Crippen LogP) is 3.21. The number of nitrogens with zero attached hydrogens (tertiary/aromatic N) is 3. The van der Waals surface area contributed by atoms with Crippen molar-refractivity contribution in [3.05, 3.63) is 35.7 Å². The number of fused-ring (bicyclic) bond motifs is 1. The van der Waals surface area contributed by atoms with E-state index in [0.717, 1.165) is 30.5 Å². The molecule has 1 aliphatic heterocycles. The van der Waals surface area contributed by atoms with Crippen LogP contribution >= 0.6 is 0 Å². The molecule has 3 rings (SSSR count). The maximum atomic E-state index is 5.51. The van der Waals surface area contributed by atoms with E-state index in [0.29, 0.717) is 12.5 Å². The van der Waals surface area contributed by atoms with Crippen LogP contribution in [-0.2, 0) is 0 Å². The molecule has 1 unspecified atom stereocenters. The molecule has 0 radical (unpaired) electrons. The van der Waals surface area contributed by atoms with Crippen LogP contribution in [0.4, 0.5) is 5.95 Å². The number of hydrogen-bond donors (Lipinski definition) is 1. The number of hydrogen-bond acceptors (Lipinski definition) is 4. The van der Waals surface area contributed by atoms with E-state index in [1.807, 2.05) is 23.7 Å². The van der Waals surface area contributed by atoms with Crippen molar-refractivity contribution in [2.75, 3.05) is 18.5 Å². The van der Waals surface area contributed by atoms with Gasteiger partial charge in [-0.15, -0.1) is 0 Å². The fraction of sp³-hybridized carbons (Fsp3) is 0.500. The third kappa shape index (κ3) is 2.73. The molecule has 1 aromatic carbocycles. The minimum atomic E-state index is 0.247. The summed E-state index contributed by atoms with van der Waals surface area (Å²) in [6, 6.07) is 8.56. The smallest absolute Gasteiger partial charge is 0.221 e. The van der Waals surface area contributed by atoms with Crippen molar-refractivity contribution >= 4 is 5.95 Å². The van der Waals surface area contributed by atoms with Gasteiger partial charge in [0, 0.05) is 12.5 Å². The van der Waals surface area contributed by atoms with Gasteiger partial charge in [0.2, 0.25) is 5.95 Å². The molecule has 2 heterocycles. The quantitative estimate of drug-likeness (QED) is 0.937. The van der Waals surface area contributed by atoms with Crippen molar-refractivity contribution in [2.45, 2.75) is 39.2 Å². The molecule has 0 saturated heterocycles. The Kier molecular flexibility index (Phi) is 3.82. The molecule has 5 nitrogen and oxygen atoms in total. The molecule has 1 aliphatic rings. The van der Waals surface area contributed by atoms with E-state index in [2.05, 4.69) is 41.4 Å². The first-order valence-corrected chi connectivity index (χ1v) is 7.62. The van der Waals surface area contributed by atoms with Gasteiger partial charge >= 0.3 is 0 Å². The zero-order valence-corrected chi connectivity index (χ0v) is 12.8. The molecule has 5 heteroatoms. The number of nitrogens with one attached hydrogen (secondary N) is 1. The van der Waals surface area contributed by atoms with Crippen LogP contribution < -0.4 is 10.1 Å². The standard InChI is InChI=1S/C16H22N4O/c1-4-21-13-7-5-12(6-8-13)14-9-10-17-16-18-15(11(2)3)19-20(14)16/h5-8,11,14H,4,9-10H2,1-3H3,(H,17,18,19). The number of anilines is 1. The average Bonchev–Trinajstić information content (AvgIpc) is 2.93. The van der Waals surface area contributed by atoms with E-state index >= 15 is 0 Å². The third-order valence-corrected chi connectivity index (χ3v) is 3.74. The summed E-state index contributed by atoms with van der Waals surface area (Å²) < 4.78 is 7.53. The van der Waals surface area contributed by atoms with Crippen molar-refractivity contribution in [1.29, 1.82) is 0 Å². The van der Waals surface area contributed by atoms with Crippen molar-refractivity contribution in [1.82, 2.24) is 14.8 Å². The lowest BCUT2D eigenvalue weighted by atomic mass is 10.0. The molecular formula is C16H22N4O. The highest BCUT2D eigenvalue weighted by Gasteiger charge is 2.25. The second-order valence-corrected chi connectivity index (χ2v) is 5.63. The van der Waals surface area contributed by atoms with Gasteiger partial charge in [-0.05, 0) is 31.0 Å². The first-order chi connectivity index (χ1) is 10.2. The molecule has 21 heavy (non-hydrogen) atoms. The van der Waals surface area contributed by atoms with Crippen molar-refractivity contribution in [3.8, 4) is 5.75 Å². The molecule has 1 N–H and O–H groups in total. The van der Waals surface area contributed by atoms with Gasteiger partial charge in [-0.25, -0.2) is 4.68 Å². The molecule has 112 valence electrons. The SMILES string of the molecule is CCOc1ccc(C2CCNc3nc(C(C)C)nn32)cc1. The summed E-state index contributed by atoms with van der Waals surface area (Å²) in [5.74, 6) is 3.03. The normalized spacial score (nSPS) is 17.4. The van der Waals surface area contributed by atoms with Gasteiger partial charge in [0.05, 0.1) is 12.6 Å². The van der Waals surface area contributed by atoms with E-state index in [-0.39, 0.29) is 6.04 Å². The minimum Gasteiger partial charge on any atom is -0.494 e. The highest BCUT2D eigenvalue weighted by molar-refractivity contribution is 5.35. The zero-order valence-electron chi connectivity index (χ0n) is 12.8. The molecule has 2 aromatic rings. The molecule has 1 atom stereocenters. The number of ether oxygens (including phenoxy) is 1. The first kappa shape index (κ1) is 13.9. The molecule has 0 fully saturated rings. The molecule has 0 amide bonds. The number of benzene rings is 1. The van der Waals surface area contributed by atoms with Gasteiger partial charge in [-0.2, -0.15) is 10.1 Å². The number of aromatic nitrogens is 3. The fourth-order valence-corrected chi connectivity index (χ4v) is 2.63. The summed E-state index contributed by atoms with van der Waals surface area (Å²) in [4.78, 5) is 4.59. The second kappa shape index (κ2) is 5.76. The molecule has 0 aliphatic carbocycles. The Bertz CT molecular complexity index is 603. The molecule has 0 spiro atoms. The molecular weight excluding hydrogens is 264 g/mol. The van der Waals surface area contributed by atoms with E-state index < -0.39 is 0 Å². The van der Waals surface area contributed by atoms with Crippen LogP contribution in [0.3, 0.4) is 0 Å². The lowest BCUT2D eigenvalue weighted by Crippen LogP contribution is -2.24.